The Hall–Kier alpha value is -4.13. The molecule has 0 spiro atoms. The first-order valence-corrected chi connectivity index (χ1v) is 11.6. The molecule has 4 rings (SSSR count). The minimum atomic E-state index is -0.393. The fourth-order valence-corrected chi connectivity index (χ4v) is 4.01. The van der Waals surface area contributed by atoms with Crippen molar-refractivity contribution in [1.82, 2.24) is 5.32 Å². The van der Waals surface area contributed by atoms with E-state index in [1.165, 1.54) is 0 Å². The minimum Gasteiger partial charge on any atom is -0.484 e. The van der Waals surface area contributed by atoms with E-state index in [-0.39, 0.29) is 30.7 Å². The third kappa shape index (κ3) is 6.06. The maximum atomic E-state index is 12.6. The fraction of sp³-hybridized carbons (Fsp3) is 0.250. The highest BCUT2D eigenvalue weighted by Crippen LogP contribution is 2.27. The molecular formula is C28H29N3O4. The molecule has 2 N–H and O–H groups in total. The first-order valence-electron chi connectivity index (χ1n) is 11.6. The van der Waals surface area contributed by atoms with E-state index in [4.69, 9.17) is 4.74 Å². The largest absolute Gasteiger partial charge is 0.484 e. The summed E-state index contributed by atoms with van der Waals surface area (Å²) in [5.41, 5.74) is 4.60. The van der Waals surface area contributed by atoms with Gasteiger partial charge in [-0.2, -0.15) is 0 Å². The van der Waals surface area contributed by atoms with Gasteiger partial charge in [0.25, 0.3) is 5.91 Å². The minimum absolute atomic E-state index is 0.0913. The van der Waals surface area contributed by atoms with Crippen molar-refractivity contribution < 1.29 is 19.1 Å². The molecule has 3 aromatic rings. The first-order chi connectivity index (χ1) is 16.9. The average Bonchev–Trinajstić information content (AvgIpc) is 3.26. The summed E-state index contributed by atoms with van der Waals surface area (Å²) >= 11 is 0. The van der Waals surface area contributed by atoms with Crippen LogP contribution in [-0.4, -0.2) is 30.9 Å². The Labute approximate surface area is 205 Å². The number of anilines is 2. The van der Waals surface area contributed by atoms with Crippen LogP contribution in [0.4, 0.5) is 11.4 Å². The Balaban J connectivity index is 1.28. The summed E-state index contributed by atoms with van der Waals surface area (Å²) in [5, 5.41) is 5.78. The van der Waals surface area contributed by atoms with E-state index in [1.807, 2.05) is 62.4 Å². The molecular weight excluding hydrogens is 442 g/mol. The van der Waals surface area contributed by atoms with Gasteiger partial charge in [-0.1, -0.05) is 42.5 Å². The lowest BCUT2D eigenvalue weighted by molar-refractivity contribution is -0.126. The van der Waals surface area contributed by atoms with Crippen LogP contribution in [0, 0.1) is 19.8 Å². The molecule has 0 aromatic heterocycles. The van der Waals surface area contributed by atoms with Crippen molar-refractivity contribution in [3.63, 3.8) is 0 Å². The lowest BCUT2D eigenvalue weighted by Crippen LogP contribution is -2.32. The molecule has 1 aliphatic rings. The van der Waals surface area contributed by atoms with Gasteiger partial charge in [0.2, 0.25) is 11.8 Å². The molecule has 3 amide bonds. The van der Waals surface area contributed by atoms with Crippen molar-refractivity contribution in [3.8, 4) is 5.75 Å². The summed E-state index contributed by atoms with van der Waals surface area (Å²) in [4.78, 5) is 39.0. The zero-order valence-corrected chi connectivity index (χ0v) is 19.9. The van der Waals surface area contributed by atoms with Gasteiger partial charge in [-0.05, 0) is 60.9 Å². The van der Waals surface area contributed by atoms with E-state index < -0.39 is 5.92 Å². The SMILES string of the molecule is Cc1cccc(NC(=O)COc2ccc(N3C[C@@H](C(=O)NCc4ccccc4)CC3=O)cc2)c1C. The molecule has 0 aliphatic carbocycles. The lowest BCUT2D eigenvalue weighted by atomic mass is 10.1. The maximum absolute atomic E-state index is 12.6. The first kappa shape index (κ1) is 24.0. The Bertz CT molecular complexity index is 1210. The van der Waals surface area contributed by atoms with Crippen molar-refractivity contribution in [2.24, 2.45) is 5.92 Å². The van der Waals surface area contributed by atoms with E-state index in [0.29, 0.717) is 24.5 Å². The summed E-state index contributed by atoms with van der Waals surface area (Å²) in [5.74, 6) is -0.336. The molecule has 1 saturated heterocycles. The fourth-order valence-electron chi connectivity index (χ4n) is 4.01. The van der Waals surface area contributed by atoms with Crippen LogP contribution in [0.2, 0.25) is 0 Å². The van der Waals surface area contributed by atoms with Gasteiger partial charge in [-0.3, -0.25) is 14.4 Å². The number of nitrogens with zero attached hydrogens (tertiary/aromatic N) is 1. The predicted octanol–water partition coefficient (Wildman–Crippen LogP) is 3.99. The number of benzene rings is 3. The van der Waals surface area contributed by atoms with E-state index in [1.54, 1.807) is 29.2 Å². The number of nitrogens with one attached hydrogen (secondary N) is 2. The standard InChI is InChI=1S/C28H29N3O4/c1-19-7-6-10-25(20(19)2)30-26(32)18-35-24-13-11-23(12-14-24)31-17-22(15-27(31)33)28(34)29-16-21-8-4-3-5-9-21/h3-14,22H,15-18H2,1-2H3,(H,29,34)(H,30,32)/t22-/m0/s1. The van der Waals surface area contributed by atoms with Gasteiger partial charge >= 0.3 is 0 Å². The molecule has 0 saturated carbocycles. The molecule has 7 heteroatoms. The predicted molar refractivity (Wildman–Crippen MR) is 135 cm³/mol. The molecule has 1 atom stereocenters. The summed E-state index contributed by atoms with van der Waals surface area (Å²) in [6.07, 6.45) is 0.178. The molecule has 180 valence electrons. The second kappa shape index (κ2) is 10.9. The van der Waals surface area contributed by atoms with E-state index in [9.17, 15) is 14.4 Å². The molecule has 0 unspecified atom stereocenters. The van der Waals surface area contributed by atoms with Crippen molar-refractivity contribution in [3.05, 3.63) is 89.5 Å². The number of hydrogen-bond donors (Lipinski definition) is 2. The Kier molecular flexibility index (Phi) is 7.45. The molecule has 1 heterocycles. The number of aryl methyl sites for hydroxylation is 1. The van der Waals surface area contributed by atoms with Crippen molar-refractivity contribution in [2.45, 2.75) is 26.8 Å². The lowest BCUT2D eigenvalue weighted by Gasteiger charge is -2.17. The number of ether oxygens (including phenoxy) is 1. The van der Waals surface area contributed by atoms with Crippen LogP contribution in [0.25, 0.3) is 0 Å². The molecule has 0 bridgehead atoms. The van der Waals surface area contributed by atoms with Crippen LogP contribution >= 0.6 is 0 Å². The van der Waals surface area contributed by atoms with E-state index >= 15 is 0 Å². The summed E-state index contributed by atoms with van der Waals surface area (Å²) in [6.45, 7) is 4.60. The second-order valence-electron chi connectivity index (χ2n) is 8.69. The number of rotatable bonds is 8. The van der Waals surface area contributed by atoms with Gasteiger partial charge in [-0.25, -0.2) is 0 Å². The third-order valence-corrected chi connectivity index (χ3v) is 6.20. The van der Waals surface area contributed by atoms with Crippen LogP contribution in [-0.2, 0) is 20.9 Å². The summed E-state index contributed by atoms with van der Waals surface area (Å²) in [6, 6.07) is 22.4. The molecule has 1 aliphatic heterocycles. The number of hydrogen-bond acceptors (Lipinski definition) is 4. The molecule has 7 nitrogen and oxygen atoms in total. The van der Waals surface area contributed by atoms with Gasteiger partial charge in [0.05, 0.1) is 5.92 Å². The molecule has 3 aromatic carbocycles. The molecule has 1 fully saturated rings. The van der Waals surface area contributed by atoms with Crippen molar-refractivity contribution >= 4 is 29.1 Å². The van der Waals surface area contributed by atoms with Crippen LogP contribution in [0.15, 0.2) is 72.8 Å². The Morgan fingerprint density at radius 2 is 1.71 bits per heavy atom. The zero-order valence-electron chi connectivity index (χ0n) is 19.9. The van der Waals surface area contributed by atoms with Crippen LogP contribution in [0.3, 0.4) is 0 Å². The van der Waals surface area contributed by atoms with Gasteiger partial charge < -0.3 is 20.3 Å². The van der Waals surface area contributed by atoms with Crippen LogP contribution in [0.1, 0.15) is 23.1 Å². The quantitative estimate of drug-likeness (QED) is 0.520. The number of carbonyl (C=O) groups excluding carboxylic acids is 3. The molecule has 0 radical (unpaired) electrons. The highest BCUT2D eigenvalue weighted by atomic mass is 16.5. The smallest absolute Gasteiger partial charge is 0.262 e. The normalized spacial score (nSPS) is 15.1. The maximum Gasteiger partial charge on any atom is 0.262 e. The van der Waals surface area contributed by atoms with Crippen LogP contribution in [0.5, 0.6) is 5.75 Å². The summed E-state index contributed by atoms with van der Waals surface area (Å²) in [7, 11) is 0. The van der Waals surface area contributed by atoms with Crippen LogP contribution < -0.4 is 20.3 Å². The van der Waals surface area contributed by atoms with Gasteiger partial charge in [0.15, 0.2) is 6.61 Å². The van der Waals surface area contributed by atoms with E-state index in [0.717, 1.165) is 22.4 Å². The van der Waals surface area contributed by atoms with E-state index in [2.05, 4.69) is 10.6 Å². The Morgan fingerprint density at radius 1 is 0.971 bits per heavy atom. The highest BCUT2D eigenvalue weighted by Gasteiger charge is 2.35. The van der Waals surface area contributed by atoms with Gasteiger partial charge in [-0.15, -0.1) is 0 Å². The number of amides is 3. The van der Waals surface area contributed by atoms with Crippen molar-refractivity contribution in [1.29, 1.82) is 0 Å². The third-order valence-electron chi connectivity index (χ3n) is 6.20. The molecule has 35 heavy (non-hydrogen) atoms. The average molecular weight is 472 g/mol. The van der Waals surface area contributed by atoms with Gasteiger partial charge in [0.1, 0.15) is 5.75 Å². The van der Waals surface area contributed by atoms with Gasteiger partial charge in [0, 0.05) is 30.9 Å². The van der Waals surface area contributed by atoms with Crippen molar-refractivity contribution in [2.75, 3.05) is 23.4 Å². The number of carbonyl (C=O) groups is 3. The second-order valence-corrected chi connectivity index (χ2v) is 8.69. The zero-order chi connectivity index (χ0) is 24.8. The monoisotopic (exact) mass is 471 g/mol. The topological polar surface area (TPSA) is 87.7 Å². The highest BCUT2D eigenvalue weighted by molar-refractivity contribution is 6.00. The summed E-state index contributed by atoms with van der Waals surface area (Å²) < 4.78 is 5.61. The Morgan fingerprint density at radius 3 is 2.46 bits per heavy atom.